The van der Waals surface area contributed by atoms with E-state index in [0.717, 1.165) is 37.6 Å². The number of likely N-dealkylation sites (N-methyl/N-ethyl adjacent to an activating group) is 1. The molecule has 1 saturated heterocycles. The molecule has 0 saturated carbocycles. The third-order valence-corrected chi connectivity index (χ3v) is 3.30. The summed E-state index contributed by atoms with van der Waals surface area (Å²) in [6, 6.07) is 2.97. The van der Waals surface area contributed by atoms with Gasteiger partial charge < -0.3 is 10.2 Å². The van der Waals surface area contributed by atoms with E-state index in [2.05, 4.69) is 5.32 Å². The van der Waals surface area contributed by atoms with E-state index in [1.165, 1.54) is 4.90 Å². The minimum atomic E-state index is -0.683. The Hall–Kier alpha value is -1.49. The number of hydrogen-bond acceptors (Lipinski definition) is 2. The number of rotatable bonds is 2. The largest absolute Gasteiger partial charge is 0.337 e. The van der Waals surface area contributed by atoms with Crippen LogP contribution in [0.1, 0.15) is 23.2 Å². The van der Waals surface area contributed by atoms with Crippen molar-refractivity contribution in [2.45, 2.75) is 18.9 Å². The highest BCUT2D eigenvalue weighted by Gasteiger charge is 2.24. The lowest BCUT2D eigenvalue weighted by Crippen LogP contribution is -2.46. The van der Waals surface area contributed by atoms with Crippen molar-refractivity contribution in [1.29, 1.82) is 0 Å². The first kappa shape index (κ1) is 13.0. The van der Waals surface area contributed by atoms with Crippen LogP contribution in [0, 0.1) is 11.6 Å². The molecule has 1 N–H and O–H groups in total. The molecule has 1 aliphatic heterocycles. The summed E-state index contributed by atoms with van der Waals surface area (Å²) in [6.45, 7) is 1.63. The minimum absolute atomic E-state index is 0.0360. The highest BCUT2D eigenvalue weighted by Crippen LogP contribution is 2.16. The van der Waals surface area contributed by atoms with Gasteiger partial charge in [-0.1, -0.05) is 0 Å². The Kier molecular flexibility index (Phi) is 3.91. The predicted molar refractivity (Wildman–Crippen MR) is 64.3 cm³/mol. The Morgan fingerprint density at radius 3 is 2.89 bits per heavy atom. The molecule has 1 aliphatic rings. The summed E-state index contributed by atoms with van der Waals surface area (Å²) in [7, 11) is 1.63. The van der Waals surface area contributed by atoms with Crippen molar-refractivity contribution in [3.05, 3.63) is 35.4 Å². The average molecular weight is 254 g/mol. The molecule has 0 unspecified atom stereocenters. The summed E-state index contributed by atoms with van der Waals surface area (Å²) < 4.78 is 26.6. The zero-order valence-electron chi connectivity index (χ0n) is 10.2. The first-order valence-corrected chi connectivity index (χ1v) is 6.02. The summed E-state index contributed by atoms with van der Waals surface area (Å²) in [6.07, 6.45) is 1.86. The monoisotopic (exact) mass is 254 g/mol. The van der Waals surface area contributed by atoms with Crippen LogP contribution in [0.3, 0.4) is 0 Å². The van der Waals surface area contributed by atoms with Gasteiger partial charge in [-0.2, -0.15) is 0 Å². The van der Waals surface area contributed by atoms with Gasteiger partial charge in [0.15, 0.2) is 0 Å². The van der Waals surface area contributed by atoms with Crippen LogP contribution in [0.2, 0.25) is 0 Å². The van der Waals surface area contributed by atoms with Gasteiger partial charge in [-0.3, -0.25) is 4.79 Å². The van der Waals surface area contributed by atoms with Crippen LogP contribution >= 0.6 is 0 Å². The van der Waals surface area contributed by atoms with Gasteiger partial charge >= 0.3 is 0 Å². The fraction of sp³-hybridized carbons (Fsp3) is 0.462. The molecule has 98 valence electrons. The molecule has 1 heterocycles. The van der Waals surface area contributed by atoms with Gasteiger partial charge in [0, 0.05) is 19.6 Å². The van der Waals surface area contributed by atoms with E-state index >= 15 is 0 Å². The van der Waals surface area contributed by atoms with Crippen LogP contribution in [0.25, 0.3) is 0 Å². The van der Waals surface area contributed by atoms with E-state index in [-0.39, 0.29) is 11.6 Å². The molecule has 2 rings (SSSR count). The van der Waals surface area contributed by atoms with Crippen molar-refractivity contribution in [3.8, 4) is 0 Å². The van der Waals surface area contributed by atoms with E-state index < -0.39 is 17.5 Å². The Morgan fingerprint density at radius 2 is 2.22 bits per heavy atom. The van der Waals surface area contributed by atoms with Crippen molar-refractivity contribution < 1.29 is 13.6 Å². The third-order valence-electron chi connectivity index (χ3n) is 3.30. The lowest BCUT2D eigenvalue weighted by Gasteiger charge is -2.31. The highest BCUT2D eigenvalue weighted by atomic mass is 19.1. The summed E-state index contributed by atoms with van der Waals surface area (Å²) in [5.41, 5.74) is -0.205. The van der Waals surface area contributed by atoms with Crippen molar-refractivity contribution in [2.24, 2.45) is 0 Å². The van der Waals surface area contributed by atoms with Gasteiger partial charge in [-0.25, -0.2) is 8.78 Å². The quantitative estimate of drug-likeness (QED) is 0.872. The van der Waals surface area contributed by atoms with Gasteiger partial charge in [0.25, 0.3) is 5.91 Å². The lowest BCUT2D eigenvalue weighted by atomic mass is 10.0. The zero-order valence-corrected chi connectivity index (χ0v) is 10.2. The Balaban J connectivity index is 2.16. The molecular formula is C13H16F2N2O. The second kappa shape index (κ2) is 5.44. The number of nitrogens with zero attached hydrogens (tertiary/aromatic N) is 1. The fourth-order valence-electron chi connectivity index (χ4n) is 2.18. The Bertz CT molecular complexity index is 445. The minimum Gasteiger partial charge on any atom is -0.337 e. The van der Waals surface area contributed by atoms with Gasteiger partial charge in [-0.15, -0.1) is 0 Å². The van der Waals surface area contributed by atoms with Crippen LogP contribution in [0.4, 0.5) is 8.78 Å². The first-order chi connectivity index (χ1) is 8.59. The van der Waals surface area contributed by atoms with Crippen LogP contribution in [0.15, 0.2) is 18.2 Å². The SMILES string of the molecule is CN(C(=O)c1cc(F)ccc1F)[C@@H]1CCCNC1. The number of piperidine rings is 1. The maximum atomic E-state index is 13.5. The number of amides is 1. The lowest BCUT2D eigenvalue weighted by molar-refractivity contribution is 0.0703. The zero-order chi connectivity index (χ0) is 13.1. The summed E-state index contributed by atoms with van der Waals surface area (Å²) in [5.74, 6) is -1.76. The standard InChI is InChI=1S/C13H16F2N2O/c1-17(10-3-2-6-16-8-10)13(18)11-7-9(14)4-5-12(11)15/h4-5,7,10,16H,2-3,6,8H2,1H3/t10-/m1/s1. The smallest absolute Gasteiger partial charge is 0.256 e. The van der Waals surface area contributed by atoms with Crippen LogP contribution in [-0.4, -0.2) is 37.0 Å². The van der Waals surface area contributed by atoms with Gasteiger partial charge in [0.05, 0.1) is 5.56 Å². The molecular weight excluding hydrogens is 238 g/mol. The van der Waals surface area contributed by atoms with Gasteiger partial charge in [0.2, 0.25) is 0 Å². The Morgan fingerprint density at radius 1 is 1.44 bits per heavy atom. The van der Waals surface area contributed by atoms with Crippen LogP contribution in [-0.2, 0) is 0 Å². The number of halogens is 2. The van der Waals surface area contributed by atoms with Gasteiger partial charge in [-0.05, 0) is 37.6 Å². The predicted octanol–water partition coefficient (Wildman–Crippen LogP) is 1.79. The molecule has 1 aromatic carbocycles. The van der Waals surface area contributed by atoms with Crippen LogP contribution < -0.4 is 5.32 Å². The number of benzene rings is 1. The number of carbonyl (C=O) groups excluding carboxylic acids is 1. The first-order valence-electron chi connectivity index (χ1n) is 6.02. The summed E-state index contributed by atoms with van der Waals surface area (Å²) >= 11 is 0. The molecule has 1 amide bonds. The molecule has 0 radical (unpaired) electrons. The fourth-order valence-corrected chi connectivity index (χ4v) is 2.18. The van der Waals surface area contributed by atoms with E-state index in [0.29, 0.717) is 6.54 Å². The number of hydrogen-bond donors (Lipinski definition) is 1. The Labute approximate surface area is 105 Å². The molecule has 0 spiro atoms. The van der Waals surface area contributed by atoms with E-state index in [9.17, 15) is 13.6 Å². The normalized spacial score (nSPS) is 19.6. The number of carbonyl (C=O) groups is 1. The average Bonchev–Trinajstić information content (AvgIpc) is 2.41. The van der Waals surface area contributed by atoms with Crippen molar-refractivity contribution in [1.82, 2.24) is 10.2 Å². The second-order valence-corrected chi connectivity index (χ2v) is 4.54. The molecule has 0 aromatic heterocycles. The maximum absolute atomic E-state index is 13.5. The molecule has 5 heteroatoms. The molecule has 18 heavy (non-hydrogen) atoms. The van der Waals surface area contributed by atoms with E-state index in [1.54, 1.807) is 7.05 Å². The topological polar surface area (TPSA) is 32.3 Å². The second-order valence-electron chi connectivity index (χ2n) is 4.54. The highest BCUT2D eigenvalue weighted by molar-refractivity contribution is 5.94. The van der Waals surface area contributed by atoms with E-state index in [1.807, 2.05) is 0 Å². The van der Waals surface area contributed by atoms with Crippen molar-refractivity contribution >= 4 is 5.91 Å². The summed E-state index contributed by atoms with van der Waals surface area (Å²) in [5, 5.41) is 3.19. The molecule has 3 nitrogen and oxygen atoms in total. The molecule has 0 aliphatic carbocycles. The van der Waals surface area contributed by atoms with Crippen LogP contribution in [0.5, 0.6) is 0 Å². The maximum Gasteiger partial charge on any atom is 0.256 e. The molecule has 1 aromatic rings. The molecule has 1 fully saturated rings. The summed E-state index contributed by atoms with van der Waals surface area (Å²) in [4.78, 5) is 13.6. The molecule has 1 atom stereocenters. The van der Waals surface area contributed by atoms with E-state index in [4.69, 9.17) is 0 Å². The van der Waals surface area contributed by atoms with Crippen molar-refractivity contribution in [3.63, 3.8) is 0 Å². The van der Waals surface area contributed by atoms with Crippen molar-refractivity contribution in [2.75, 3.05) is 20.1 Å². The third kappa shape index (κ3) is 2.67. The van der Waals surface area contributed by atoms with Gasteiger partial charge in [0.1, 0.15) is 11.6 Å². The molecule has 0 bridgehead atoms. The number of nitrogens with one attached hydrogen (secondary N) is 1.